The SMILES string of the molecule is CC(C)(C)c1ccnc(-n2c3[c-]c(Oc4[c-]c(-n5[c-][n+](C(C)(C)C)c6ccccc65)ccc4)ccc3c3ccccc32)c1.[Pt]. The molecule has 0 radical (unpaired) electrons. The van der Waals surface area contributed by atoms with Crippen LogP contribution in [0.1, 0.15) is 47.1 Å². The van der Waals surface area contributed by atoms with Gasteiger partial charge in [-0.2, -0.15) is 18.2 Å². The number of rotatable bonds is 4. The van der Waals surface area contributed by atoms with E-state index in [0.717, 1.165) is 44.3 Å². The molecule has 0 spiro atoms. The van der Waals surface area contributed by atoms with Crippen molar-refractivity contribution in [1.82, 2.24) is 14.1 Å². The first-order valence-electron chi connectivity index (χ1n) is 14.7. The van der Waals surface area contributed by atoms with Gasteiger partial charge < -0.3 is 18.4 Å². The van der Waals surface area contributed by atoms with Crippen LogP contribution in [0.3, 0.4) is 0 Å². The molecular weight excluding hydrogens is 724 g/mol. The quantitative estimate of drug-likeness (QED) is 0.133. The van der Waals surface area contributed by atoms with Crippen molar-refractivity contribution in [3.63, 3.8) is 0 Å². The van der Waals surface area contributed by atoms with E-state index in [1.807, 2.05) is 35.0 Å². The number of ether oxygens (including phenoxy) is 1. The zero-order valence-corrected chi connectivity index (χ0v) is 28.0. The Hall–Kier alpha value is -4.21. The largest absolute Gasteiger partial charge is 0.510 e. The van der Waals surface area contributed by atoms with Gasteiger partial charge in [0.05, 0.1) is 16.6 Å². The summed E-state index contributed by atoms with van der Waals surface area (Å²) in [5.74, 6) is 2.09. The van der Waals surface area contributed by atoms with E-state index >= 15 is 0 Å². The van der Waals surface area contributed by atoms with E-state index in [1.54, 1.807) is 0 Å². The van der Waals surface area contributed by atoms with Crippen molar-refractivity contribution in [3.8, 4) is 23.0 Å². The first-order chi connectivity index (χ1) is 20.6. The van der Waals surface area contributed by atoms with Crippen molar-refractivity contribution in [1.29, 1.82) is 0 Å². The maximum Gasteiger partial charge on any atom is 0.243 e. The number of aromatic nitrogens is 4. The van der Waals surface area contributed by atoms with Gasteiger partial charge in [0.2, 0.25) is 6.33 Å². The summed E-state index contributed by atoms with van der Waals surface area (Å²) in [5, 5.41) is 2.25. The van der Waals surface area contributed by atoms with Crippen LogP contribution < -0.4 is 9.30 Å². The Labute approximate surface area is 273 Å². The number of hydrogen-bond acceptors (Lipinski definition) is 2. The number of pyridine rings is 1. The molecule has 0 unspecified atom stereocenters. The van der Waals surface area contributed by atoms with Crippen molar-refractivity contribution in [2.45, 2.75) is 52.5 Å². The van der Waals surface area contributed by atoms with Crippen LogP contribution in [-0.4, -0.2) is 14.1 Å². The number of fused-ring (bicyclic) bond motifs is 4. The molecule has 3 aromatic heterocycles. The summed E-state index contributed by atoms with van der Waals surface area (Å²) in [6.45, 7) is 13.2. The summed E-state index contributed by atoms with van der Waals surface area (Å²) in [6, 6.07) is 38.1. The van der Waals surface area contributed by atoms with Gasteiger partial charge in [-0.3, -0.25) is 0 Å². The summed E-state index contributed by atoms with van der Waals surface area (Å²) in [7, 11) is 0. The molecule has 224 valence electrons. The minimum atomic E-state index is -0.122. The summed E-state index contributed by atoms with van der Waals surface area (Å²) in [5.41, 5.74) is 6.15. The summed E-state index contributed by atoms with van der Waals surface area (Å²) in [6.07, 6.45) is 5.44. The van der Waals surface area contributed by atoms with Crippen molar-refractivity contribution in [3.05, 3.63) is 121 Å². The number of hydrogen-bond donors (Lipinski definition) is 0. The molecule has 0 N–H and O–H groups in total. The molecule has 0 aliphatic carbocycles. The van der Waals surface area contributed by atoms with Crippen LogP contribution in [0.5, 0.6) is 11.5 Å². The average Bonchev–Trinajstić information content (AvgIpc) is 3.53. The van der Waals surface area contributed by atoms with Crippen LogP contribution >= 0.6 is 0 Å². The fraction of sp³-hybridized carbons (Fsp3) is 0.211. The first kappa shape index (κ1) is 29.8. The number of para-hydroxylation sites is 3. The van der Waals surface area contributed by atoms with Gasteiger partial charge in [0, 0.05) is 44.3 Å². The Morgan fingerprint density at radius 1 is 0.727 bits per heavy atom. The standard InChI is InChI=1S/C38H34N4O.Pt/c1-37(2,3)26-20-21-39-36(22-26)42-32-15-8-7-14-30(32)31-19-18-29(24-35(31)42)43-28-13-11-12-27(23-28)40-25-41(38(4,5)6)34-17-10-9-16-33(34)40;/h7-22H,1-6H3;/q-2;. The Morgan fingerprint density at radius 2 is 1.45 bits per heavy atom. The molecule has 0 saturated carbocycles. The molecule has 0 atom stereocenters. The fourth-order valence-corrected chi connectivity index (χ4v) is 5.67. The normalized spacial score (nSPS) is 12.1. The molecule has 0 bridgehead atoms. The Morgan fingerprint density at radius 3 is 2.23 bits per heavy atom. The molecule has 0 fully saturated rings. The van der Waals surface area contributed by atoms with Crippen molar-refractivity contribution >= 4 is 32.8 Å². The molecule has 6 heteroatoms. The van der Waals surface area contributed by atoms with Crippen LogP contribution in [0, 0.1) is 18.5 Å². The van der Waals surface area contributed by atoms with Gasteiger partial charge in [-0.05, 0) is 55.3 Å². The molecule has 7 rings (SSSR count). The van der Waals surface area contributed by atoms with Gasteiger partial charge in [-0.1, -0.05) is 74.4 Å². The van der Waals surface area contributed by atoms with Gasteiger partial charge >= 0.3 is 0 Å². The van der Waals surface area contributed by atoms with Gasteiger partial charge in [-0.25, -0.2) is 4.98 Å². The van der Waals surface area contributed by atoms with Gasteiger partial charge in [0.15, 0.2) is 0 Å². The van der Waals surface area contributed by atoms with Crippen LogP contribution in [0.4, 0.5) is 0 Å². The number of benzene rings is 4. The number of imidazole rings is 1. The first-order valence-corrected chi connectivity index (χ1v) is 14.7. The molecule has 4 aromatic carbocycles. The topological polar surface area (TPSA) is 35.9 Å². The van der Waals surface area contributed by atoms with E-state index in [1.165, 1.54) is 5.56 Å². The third-order valence-corrected chi connectivity index (χ3v) is 7.85. The predicted octanol–water partition coefficient (Wildman–Crippen LogP) is 8.65. The maximum absolute atomic E-state index is 6.42. The number of nitrogens with zero attached hydrogens (tertiary/aromatic N) is 4. The minimum Gasteiger partial charge on any atom is -0.510 e. The third kappa shape index (κ3) is 5.24. The molecule has 5 nitrogen and oxygen atoms in total. The third-order valence-electron chi connectivity index (χ3n) is 7.85. The molecule has 44 heavy (non-hydrogen) atoms. The molecular formula is C38H34N4OPt-2. The maximum atomic E-state index is 6.42. The molecule has 7 aromatic rings. The van der Waals surface area contributed by atoms with Gasteiger partial charge in [0.25, 0.3) is 0 Å². The molecule has 0 amide bonds. The van der Waals surface area contributed by atoms with E-state index < -0.39 is 0 Å². The Kier molecular flexibility index (Phi) is 7.50. The predicted molar refractivity (Wildman–Crippen MR) is 172 cm³/mol. The van der Waals surface area contributed by atoms with E-state index in [-0.39, 0.29) is 32.0 Å². The second-order valence-electron chi connectivity index (χ2n) is 13.0. The molecule has 3 heterocycles. The fourth-order valence-electron chi connectivity index (χ4n) is 5.67. The van der Waals surface area contributed by atoms with Gasteiger partial charge in [-0.15, -0.1) is 29.7 Å². The summed E-state index contributed by atoms with van der Waals surface area (Å²) in [4.78, 5) is 4.79. The van der Waals surface area contributed by atoms with Crippen molar-refractivity contribution in [2.24, 2.45) is 0 Å². The Bertz CT molecular complexity index is 2140. The monoisotopic (exact) mass is 757 g/mol. The minimum absolute atomic E-state index is 0. The van der Waals surface area contributed by atoms with Crippen LogP contribution in [-0.2, 0) is 32.0 Å². The zero-order valence-electron chi connectivity index (χ0n) is 25.8. The van der Waals surface area contributed by atoms with E-state index in [0.29, 0.717) is 11.5 Å². The van der Waals surface area contributed by atoms with Crippen LogP contribution in [0.25, 0.3) is 44.3 Å². The van der Waals surface area contributed by atoms with Crippen LogP contribution in [0.15, 0.2) is 97.2 Å². The Balaban J connectivity index is 0.00000343. The second kappa shape index (κ2) is 11.1. The van der Waals surface area contributed by atoms with E-state index in [2.05, 4.69) is 136 Å². The summed E-state index contributed by atoms with van der Waals surface area (Å²) >= 11 is 0. The van der Waals surface area contributed by atoms with Gasteiger partial charge in [0.1, 0.15) is 5.82 Å². The second-order valence-corrected chi connectivity index (χ2v) is 13.0. The molecule has 0 aliphatic rings. The van der Waals surface area contributed by atoms with E-state index in [4.69, 9.17) is 9.72 Å². The smallest absolute Gasteiger partial charge is 0.243 e. The molecule has 0 aliphatic heterocycles. The zero-order chi connectivity index (χ0) is 29.9. The molecule has 0 saturated heterocycles. The van der Waals surface area contributed by atoms with Crippen molar-refractivity contribution in [2.75, 3.05) is 0 Å². The van der Waals surface area contributed by atoms with E-state index in [9.17, 15) is 0 Å². The average molecular weight is 758 g/mol. The summed E-state index contributed by atoms with van der Waals surface area (Å²) < 4.78 is 12.8. The van der Waals surface area contributed by atoms with Crippen LogP contribution in [0.2, 0.25) is 0 Å². The van der Waals surface area contributed by atoms with Crippen molar-refractivity contribution < 1.29 is 30.4 Å².